The van der Waals surface area contributed by atoms with E-state index >= 15 is 0 Å². The average molecular weight is 554 g/mol. The third-order valence-electron chi connectivity index (χ3n) is 9.19. The first-order valence-corrected chi connectivity index (χ1v) is 21.1. The molecule has 38 heavy (non-hydrogen) atoms. The topological polar surface area (TPSA) is 0 Å². The molecule has 0 fully saturated rings. The van der Waals surface area contributed by atoms with Gasteiger partial charge in [0.05, 0.1) is 24.6 Å². The molecule has 230 valence electrons. The third kappa shape index (κ3) is 26.6. The van der Waals surface area contributed by atoms with Crippen LogP contribution in [0.1, 0.15) is 214 Å². The molecule has 0 spiro atoms. The third-order valence-corrected chi connectivity index (χ3v) is 14.3. The van der Waals surface area contributed by atoms with Crippen molar-refractivity contribution in [3.8, 4) is 0 Å². The van der Waals surface area contributed by atoms with Crippen molar-refractivity contribution in [2.45, 2.75) is 214 Å². The zero-order valence-electron chi connectivity index (χ0n) is 27.8. The van der Waals surface area contributed by atoms with Crippen molar-refractivity contribution in [1.29, 1.82) is 0 Å². The van der Waals surface area contributed by atoms with Crippen LogP contribution >= 0.6 is 7.26 Å². The molecule has 0 N–H and O–H groups in total. The van der Waals surface area contributed by atoms with Gasteiger partial charge in [0.25, 0.3) is 0 Å². The molecule has 0 aromatic rings. The van der Waals surface area contributed by atoms with Gasteiger partial charge in [-0.25, -0.2) is 0 Å². The van der Waals surface area contributed by atoms with E-state index in [4.69, 9.17) is 0 Å². The first-order valence-electron chi connectivity index (χ1n) is 18.6. The van der Waals surface area contributed by atoms with E-state index in [9.17, 15) is 0 Å². The van der Waals surface area contributed by atoms with Gasteiger partial charge >= 0.3 is 0 Å². The molecule has 0 aromatic carbocycles. The van der Waals surface area contributed by atoms with Crippen LogP contribution in [0, 0.1) is 0 Å². The van der Waals surface area contributed by atoms with E-state index in [2.05, 4.69) is 27.7 Å². The smallest absolute Gasteiger partial charge is 0.0594 e. The average Bonchev–Trinajstić information content (AvgIpc) is 2.93. The summed E-state index contributed by atoms with van der Waals surface area (Å²) in [7, 11) is -0.743. The molecule has 0 nitrogen and oxygen atoms in total. The van der Waals surface area contributed by atoms with E-state index in [1.54, 1.807) is 50.3 Å². The minimum Gasteiger partial charge on any atom is -0.0654 e. The molecule has 0 heterocycles. The largest absolute Gasteiger partial charge is 0.0654 e. The predicted octanol–water partition coefficient (Wildman–Crippen LogP) is 14.4. The van der Waals surface area contributed by atoms with E-state index in [0.29, 0.717) is 0 Å². The Balaban J connectivity index is 4.74. The van der Waals surface area contributed by atoms with Gasteiger partial charge in [0.2, 0.25) is 0 Å². The first-order chi connectivity index (χ1) is 18.7. The predicted molar refractivity (Wildman–Crippen MR) is 183 cm³/mol. The molecule has 0 saturated heterocycles. The molecular formula is C37H78P+. The number of rotatable bonds is 33. The fraction of sp³-hybridized carbons (Fsp3) is 1.00. The van der Waals surface area contributed by atoms with Gasteiger partial charge < -0.3 is 0 Å². The van der Waals surface area contributed by atoms with Crippen LogP contribution < -0.4 is 0 Å². The van der Waals surface area contributed by atoms with Crippen molar-refractivity contribution in [3.63, 3.8) is 0 Å². The second-order valence-corrected chi connectivity index (χ2v) is 17.5. The fourth-order valence-electron chi connectivity index (χ4n) is 6.46. The Morgan fingerprint density at radius 1 is 0.211 bits per heavy atom. The van der Waals surface area contributed by atoms with Crippen LogP contribution in [-0.4, -0.2) is 24.6 Å². The zero-order chi connectivity index (χ0) is 27.8. The van der Waals surface area contributed by atoms with Crippen LogP contribution in [0.4, 0.5) is 0 Å². The lowest BCUT2D eigenvalue weighted by atomic mass is 10.1. The highest BCUT2D eigenvalue weighted by Crippen LogP contribution is 2.61. The maximum Gasteiger partial charge on any atom is 0.0594 e. The normalized spacial score (nSPS) is 12.0. The number of hydrogen-bond donors (Lipinski definition) is 0. The summed E-state index contributed by atoms with van der Waals surface area (Å²) in [5, 5.41) is 0. The SMILES string of the molecule is CCCCCCCCCC[P+](CCCCCCC)(CCCCCCCCCC)CCCCCCCCCC. The van der Waals surface area contributed by atoms with Crippen molar-refractivity contribution in [2.24, 2.45) is 0 Å². The standard InChI is InChI=1S/C37H78P/c1-5-9-13-17-20-23-27-31-35-38(34-30-26-16-12-8-4,36-32-28-24-21-18-14-10-6-2)37-33-29-25-22-19-15-11-7-3/h5-37H2,1-4H3/q+1. The Hall–Kier alpha value is 0.430. The van der Waals surface area contributed by atoms with Crippen LogP contribution in [0.5, 0.6) is 0 Å². The Morgan fingerprint density at radius 2 is 0.368 bits per heavy atom. The Labute approximate surface area is 245 Å². The first kappa shape index (κ1) is 38.4. The number of unbranched alkanes of at least 4 members (excludes halogenated alkanes) is 25. The monoisotopic (exact) mass is 554 g/mol. The summed E-state index contributed by atoms with van der Waals surface area (Å²) < 4.78 is 0. The van der Waals surface area contributed by atoms with Gasteiger partial charge in [0.15, 0.2) is 0 Å². The van der Waals surface area contributed by atoms with Crippen molar-refractivity contribution in [1.82, 2.24) is 0 Å². The number of hydrogen-bond acceptors (Lipinski definition) is 0. The van der Waals surface area contributed by atoms with E-state index in [-0.39, 0.29) is 0 Å². The Kier molecular flexibility index (Phi) is 32.3. The van der Waals surface area contributed by atoms with E-state index < -0.39 is 7.26 Å². The van der Waals surface area contributed by atoms with Crippen LogP contribution in [0.2, 0.25) is 0 Å². The lowest BCUT2D eigenvalue weighted by molar-refractivity contribution is 0.579. The van der Waals surface area contributed by atoms with Crippen LogP contribution in [0.15, 0.2) is 0 Å². The molecule has 0 radical (unpaired) electrons. The van der Waals surface area contributed by atoms with Crippen molar-refractivity contribution >= 4 is 7.26 Å². The van der Waals surface area contributed by atoms with Crippen LogP contribution in [0.3, 0.4) is 0 Å². The van der Waals surface area contributed by atoms with Gasteiger partial charge in [-0.1, -0.05) is 163 Å². The molecule has 0 amide bonds. The zero-order valence-corrected chi connectivity index (χ0v) is 28.7. The fourth-order valence-corrected chi connectivity index (χ4v) is 11.4. The summed E-state index contributed by atoms with van der Waals surface area (Å²) in [6.45, 7) is 9.38. The molecular weight excluding hydrogens is 475 g/mol. The van der Waals surface area contributed by atoms with Gasteiger partial charge in [-0.3, -0.25) is 0 Å². The molecule has 0 rings (SSSR count). The van der Waals surface area contributed by atoms with E-state index in [0.717, 1.165) is 0 Å². The van der Waals surface area contributed by atoms with Crippen LogP contribution in [-0.2, 0) is 0 Å². The molecule has 0 aliphatic carbocycles. The summed E-state index contributed by atoms with van der Waals surface area (Å²) in [5.74, 6) is 0. The summed E-state index contributed by atoms with van der Waals surface area (Å²) in [6, 6.07) is 0. The van der Waals surface area contributed by atoms with Crippen molar-refractivity contribution < 1.29 is 0 Å². The van der Waals surface area contributed by atoms with Gasteiger partial charge in [-0.05, 0) is 51.4 Å². The molecule has 0 unspecified atom stereocenters. The minimum atomic E-state index is -0.743. The molecule has 0 aromatic heterocycles. The van der Waals surface area contributed by atoms with Crippen LogP contribution in [0.25, 0.3) is 0 Å². The second-order valence-electron chi connectivity index (χ2n) is 13.1. The Bertz CT molecular complexity index is 367. The van der Waals surface area contributed by atoms with E-state index in [1.165, 1.54) is 161 Å². The molecule has 0 atom stereocenters. The molecule has 0 aliphatic rings. The van der Waals surface area contributed by atoms with E-state index in [1.807, 2.05) is 0 Å². The van der Waals surface area contributed by atoms with Gasteiger partial charge in [0, 0.05) is 7.26 Å². The second kappa shape index (κ2) is 32.0. The molecule has 1 heteroatoms. The minimum absolute atomic E-state index is 0.743. The summed E-state index contributed by atoms with van der Waals surface area (Å²) in [5.41, 5.74) is 0. The van der Waals surface area contributed by atoms with Crippen molar-refractivity contribution in [3.05, 3.63) is 0 Å². The highest BCUT2D eigenvalue weighted by molar-refractivity contribution is 7.75. The Morgan fingerprint density at radius 3 is 0.553 bits per heavy atom. The van der Waals surface area contributed by atoms with Crippen molar-refractivity contribution in [2.75, 3.05) is 24.6 Å². The lowest BCUT2D eigenvalue weighted by Gasteiger charge is -2.28. The molecule has 0 aliphatic heterocycles. The van der Waals surface area contributed by atoms with Gasteiger partial charge in [0.1, 0.15) is 0 Å². The summed E-state index contributed by atoms with van der Waals surface area (Å²) in [4.78, 5) is 0. The maximum atomic E-state index is 2.37. The van der Waals surface area contributed by atoms with Gasteiger partial charge in [-0.2, -0.15) is 0 Å². The lowest BCUT2D eigenvalue weighted by Crippen LogP contribution is -2.13. The maximum absolute atomic E-state index is 2.37. The van der Waals surface area contributed by atoms with Gasteiger partial charge in [-0.15, -0.1) is 0 Å². The summed E-state index contributed by atoms with van der Waals surface area (Å²) >= 11 is 0. The highest BCUT2D eigenvalue weighted by Gasteiger charge is 2.34. The molecule has 0 bridgehead atoms. The highest BCUT2D eigenvalue weighted by atomic mass is 31.2. The molecule has 0 saturated carbocycles. The quantitative estimate of drug-likeness (QED) is 0.0560. The summed E-state index contributed by atoms with van der Waals surface area (Å²) in [6.07, 6.45) is 49.7.